The van der Waals surface area contributed by atoms with E-state index < -0.39 is 5.97 Å². The predicted octanol–water partition coefficient (Wildman–Crippen LogP) is 2.28. The number of rotatable bonds is 3. The molecule has 0 amide bonds. The highest BCUT2D eigenvalue weighted by Gasteiger charge is 2.35. The molecule has 16 heavy (non-hydrogen) atoms. The summed E-state index contributed by atoms with van der Waals surface area (Å²) in [6, 6.07) is 0.728. The average molecular weight is 223 g/mol. The Balaban J connectivity index is 1.93. The molecule has 2 aliphatic rings. The van der Waals surface area contributed by atoms with Crippen molar-refractivity contribution in [1.29, 1.82) is 0 Å². The Morgan fingerprint density at radius 3 is 2.88 bits per heavy atom. The van der Waals surface area contributed by atoms with Crippen molar-refractivity contribution in [3.05, 3.63) is 11.6 Å². The molecule has 3 heteroatoms. The van der Waals surface area contributed by atoms with E-state index in [0.717, 1.165) is 30.6 Å². The van der Waals surface area contributed by atoms with Crippen LogP contribution in [0.2, 0.25) is 0 Å². The fourth-order valence-electron chi connectivity index (χ4n) is 3.28. The van der Waals surface area contributed by atoms with Gasteiger partial charge in [0.1, 0.15) is 0 Å². The van der Waals surface area contributed by atoms with Crippen molar-refractivity contribution in [2.75, 3.05) is 13.1 Å². The summed E-state index contributed by atoms with van der Waals surface area (Å²) in [5.41, 5.74) is 0.971. The summed E-state index contributed by atoms with van der Waals surface area (Å²) in [5, 5.41) is 8.70. The van der Waals surface area contributed by atoms with Crippen LogP contribution in [0.25, 0.3) is 0 Å². The number of hydrogen-bond acceptors (Lipinski definition) is 2. The van der Waals surface area contributed by atoms with Crippen LogP contribution in [0, 0.1) is 5.92 Å². The van der Waals surface area contributed by atoms with E-state index in [4.69, 9.17) is 5.11 Å². The molecule has 3 nitrogen and oxygen atoms in total. The summed E-state index contributed by atoms with van der Waals surface area (Å²) in [6.07, 6.45) is 8.08. The van der Waals surface area contributed by atoms with Gasteiger partial charge in [-0.2, -0.15) is 0 Å². The van der Waals surface area contributed by atoms with Gasteiger partial charge in [-0.25, -0.2) is 4.79 Å². The number of nitrogens with zero attached hydrogens (tertiary/aromatic N) is 1. The molecule has 1 aliphatic carbocycles. The molecule has 1 heterocycles. The molecule has 1 saturated heterocycles. The number of carboxylic acids is 1. The van der Waals surface area contributed by atoms with Gasteiger partial charge in [0, 0.05) is 18.7 Å². The second kappa shape index (κ2) is 5.00. The molecule has 0 aromatic carbocycles. The van der Waals surface area contributed by atoms with Crippen LogP contribution in [-0.2, 0) is 4.79 Å². The minimum Gasteiger partial charge on any atom is -0.478 e. The molecular formula is C13H21NO2. The minimum absolute atomic E-state index is 0.728. The lowest BCUT2D eigenvalue weighted by Gasteiger charge is -2.31. The molecule has 0 aromatic heterocycles. The van der Waals surface area contributed by atoms with Gasteiger partial charge in [-0.15, -0.1) is 0 Å². The van der Waals surface area contributed by atoms with Crippen LogP contribution in [0.1, 0.15) is 39.0 Å². The molecule has 2 fully saturated rings. The summed E-state index contributed by atoms with van der Waals surface area (Å²) in [7, 11) is 0. The maximum Gasteiger partial charge on any atom is 0.328 e. The lowest BCUT2D eigenvalue weighted by molar-refractivity contribution is -0.131. The van der Waals surface area contributed by atoms with Gasteiger partial charge >= 0.3 is 5.97 Å². The van der Waals surface area contributed by atoms with Gasteiger partial charge < -0.3 is 5.11 Å². The molecule has 1 aliphatic heterocycles. The normalized spacial score (nSPS) is 31.4. The third-order valence-electron chi connectivity index (χ3n) is 3.95. The first kappa shape index (κ1) is 11.6. The quantitative estimate of drug-likeness (QED) is 0.746. The van der Waals surface area contributed by atoms with Gasteiger partial charge in [0.05, 0.1) is 0 Å². The van der Waals surface area contributed by atoms with E-state index in [1.807, 2.05) is 6.92 Å². The Bertz CT molecular complexity index is 298. The summed E-state index contributed by atoms with van der Waals surface area (Å²) in [6.45, 7) is 3.91. The van der Waals surface area contributed by atoms with E-state index in [1.54, 1.807) is 0 Å². The highest BCUT2D eigenvalue weighted by Crippen LogP contribution is 2.36. The van der Waals surface area contributed by atoms with Crippen molar-refractivity contribution < 1.29 is 9.90 Å². The van der Waals surface area contributed by atoms with Crippen LogP contribution < -0.4 is 0 Å². The first-order valence-electron chi connectivity index (χ1n) is 6.31. The van der Waals surface area contributed by atoms with Crippen LogP contribution >= 0.6 is 0 Å². The third-order valence-corrected chi connectivity index (χ3v) is 3.95. The first-order chi connectivity index (χ1) is 7.66. The molecule has 0 bridgehead atoms. The molecule has 1 saturated carbocycles. The molecule has 90 valence electrons. The Kier molecular flexibility index (Phi) is 3.64. The van der Waals surface area contributed by atoms with Gasteiger partial charge in [0.15, 0.2) is 0 Å². The minimum atomic E-state index is -0.822. The number of carboxylic acid groups (broad SMARTS) is 1. The lowest BCUT2D eigenvalue weighted by atomic mass is 9.85. The predicted molar refractivity (Wildman–Crippen MR) is 63.3 cm³/mol. The second-order valence-electron chi connectivity index (χ2n) is 5.20. The number of carbonyl (C=O) groups is 1. The third kappa shape index (κ3) is 2.64. The highest BCUT2D eigenvalue weighted by atomic mass is 16.4. The van der Waals surface area contributed by atoms with Crippen molar-refractivity contribution >= 4 is 5.97 Å². The molecule has 2 rings (SSSR count). The Hall–Kier alpha value is -0.830. The summed E-state index contributed by atoms with van der Waals surface area (Å²) >= 11 is 0. The Morgan fingerprint density at radius 1 is 1.38 bits per heavy atom. The van der Waals surface area contributed by atoms with Crippen LogP contribution in [-0.4, -0.2) is 35.1 Å². The lowest BCUT2D eigenvalue weighted by Crippen LogP contribution is -2.35. The van der Waals surface area contributed by atoms with Crippen molar-refractivity contribution in [2.24, 2.45) is 5.92 Å². The van der Waals surface area contributed by atoms with E-state index in [9.17, 15) is 4.79 Å². The molecular weight excluding hydrogens is 202 g/mol. The van der Waals surface area contributed by atoms with E-state index >= 15 is 0 Å². The SMILES string of the molecule is CC(=CC(=O)O)CN1CCC2CCCCC21. The van der Waals surface area contributed by atoms with Crippen LogP contribution in [0.5, 0.6) is 0 Å². The van der Waals surface area contributed by atoms with Crippen molar-refractivity contribution in [1.82, 2.24) is 4.90 Å². The van der Waals surface area contributed by atoms with Crippen molar-refractivity contribution in [2.45, 2.75) is 45.1 Å². The van der Waals surface area contributed by atoms with Gasteiger partial charge in [0.25, 0.3) is 0 Å². The van der Waals surface area contributed by atoms with E-state index in [0.29, 0.717) is 0 Å². The van der Waals surface area contributed by atoms with E-state index in [1.165, 1.54) is 38.2 Å². The highest BCUT2D eigenvalue weighted by molar-refractivity contribution is 5.80. The van der Waals surface area contributed by atoms with Crippen molar-refractivity contribution in [3.8, 4) is 0 Å². The largest absolute Gasteiger partial charge is 0.478 e. The number of likely N-dealkylation sites (tertiary alicyclic amines) is 1. The monoisotopic (exact) mass is 223 g/mol. The van der Waals surface area contributed by atoms with Gasteiger partial charge in [-0.1, -0.05) is 18.4 Å². The number of fused-ring (bicyclic) bond motifs is 1. The molecule has 2 unspecified atom stereocenters. The average Bonchev–Trinajstić information content (AvgIpc) is 2.61. The zero-order valence-electron chi connectivity index (χ0n) is 9.98. The fourth-order valence-corrected chi connectivity index (χ4v) is 3.28. The zero-order valence-corrected chi connectivity index (χ0v) is 9.98. The summed E-state index contributed by atoms with van der Waals surface area (Å²) in [4.78, 5) is 13.1. The maximum absolute atomic E-state index is 10.6. The van der Waals surface area contributed by atoms with Gasteiger partial charge in [-0.05, 0) is 38.6 Å². The van der Waals surface area contributed by atoms with Crippen LogP contribution in [0.3, 0.4) is 0 Å². The maximum atomic E-state index is 10.6. The van der Waals surface area contributed by atoms with E-state index in [2.05, 4.69) is 4.90 Å². The first-order valence-corrected chi connectivity index (χ1v) is 6.31. The zero-order chi connectivity index (χ0) is 11.5. The van der Waals surface area contributed by atoms with Crippen molar-refractivity contribution in [3.63, 3.8) is 0 Å². The molecule has 0 spiro atoms. The topological polar surface area (TPSA) is 40.5 Å². The standard InChI is InChI=1S/C13H21NO2/c1-10(8-13(15)16)9-14-7-6-11-4-2-3-5-12(11)14/h8,11-12H,2-7,9H2,1H3,(H,15,16). The Morgan fingerprint density at radius 2 is 2.12 bits per heavy atom. The van der Waals surface area contributed by atoms with Crippen LogP contribution in [0.4, 0.5) is 0 Å². The fraction of sp³-hybridized carbons (Fsp3) is 0.769. The molecule has 0 radical (unpaired) electrons. The molecule has 0 aromatic rings. The molecule has 1 N–H and O–H groups in total. The smallest absolute Gasteiger partial charge is 0.328 e. The second-order valence-corrected chi connectivity index (χ2v) is 5.20. The van der Waals surface area contributed by atoms with Gasteiger partial charge in [-0.3, -0.25) is 4.90 Å². The van der Waals surface area contributed by atoms with Gasteiger partial charge in [0.2, 0.25) is 0 Å². The number of aliphatic carboxylic acids is 1. The molecule has 2 atom stereocenters. The Labute approximate surface area is 97.1 Å². The summed E-state index contributed by atoms with van der Waals surface area (Å²) < 4.78 is 0. The van der Waals surface area contributed by atoms with E-state index in [-0.39, 0.29) is 0 Å². The number of hydrogen-bond donors (Lipinski definition) is 1. The summed E-state index contributed by atoms with van der Waals surface area (Å²) in [5.74, 6) is 0.0586. The van der Waals surface area contributed by atoms with Crippen LogP contribution in [0.15, 0.2) is 11.6 Å².